The number of benzene rings is 2. The second-order valence-corrected chi connectivity index (χ2v) is 6.08. The first-order valence-corrected chi connectivity index (χ1v) is 8.77. The van der Waals surface area contributed by atoms with Crippen LogP contribution in [0.1, 0.15) is 22.5 Å². The lowest BCUT2D eigenvalue weighted by Gasteiger charge is -2.09. The van der Waals surface area contributed by atoms with Crippen molar-refractivity contribution >= 4 is 5.91 Å². The maximum atomic E-state index is 12.3. The van der Waals surface area contributed by atoms with Gasteiger partial charge in [0, 0.05) is 12.6 Å². The van der Waals surface area contributed by atoms with Crippen molar-refractivity contribution in [2.45, 2.75) is 13.3 Å². The van der Waals surface area contributed by atoms with E-state index in [4.69, 9.17) is 4.74 Å². The van der Waals surface area contributed by atoms with Crippen LogP contribution in [0.5, 0.6) is 5.75 Å². The molecular formula is C21H21N3O3. The van der Waals surface area contributed by atoms with Crippen LogP contribution in [0.3, 0.4) is 0 Å². The molecule has 3 rings (SSSR count). The highest BCUT2D eigenvalue weighted by molar-refractivity contribution is 5.92. The molecule has 138 valence electrons. The summed E-state index contributed by atoms with van der Waals surface area (Å²) in [6.45, 7) is 2.96. The molecule has 0 atom stereocenters. The molecule has 0 saturated carbocycles. The van der Waals surface area contributed by atoms with Crippen LogP contribution in [-0.4, -0.2) is 28.8 Å². The molecule has 1 amide bonds. The second kappa shape index (κ2) is 8.80. The minimum Gasteiger partial charge on any atom is -0.494 e. The monoisotopic (exact) mass is 363 g/mol. The van der Waals surface area contributed by atoms with Gasteiger partial charge in [-0.3, -0.25) is 9.59 Å². The van der Waals surface area contributed by atoms with Crippen molar-refractivity contribution in [1.29, 1.82) is 0 Å². The highest BCUT2D eigenvalue weighted by Crippen LogP contribution is 2.12. The van der Waals surface area contributed by atoms with E-state index in [1.54, 1.807) is 12.1 Å². The zero-order chi connectivity index (χ0) is 19.1. The lowest BCUT2D eigenvalue weighted by atomic mass is 10.2. The number of hydrogen-bond acceptors (Lipinski definition) is 4. The number of rotatable bonds is 7. The Balaban J connectivity index is 1.53. The number of nitrogens with one attached hydrogen (secondary N) is 1. The van der Waals surface area contributed by atoms with Crippen LogP contribution in [0.15, 0.2) is 71.5 Å². The van der Waals surface area contributed by atoms with Gasteiger partial charge in [-0.25, -0.2) is 0 Å². The van der Waals surface area contributed by atoms with Gasteiger partial charge in [0.25, 0.3) is 11.5 Å². The summed E-state index contributed by atoms with van der Waals surface area (Å²) in [5, 5.41) is 6.96. The molecule has 3 aromatic rings. The summed E-state index contributed by atoms with van der Waals surface area (Å²) < 4.78 is 6.87. The Kier molecular flexibility index (Phi) is 5.99. The fourth-order valence-corrected chi connectivity index (χ4v) is 2.55. The van der Waals surface area contributed by atoms with Gasteiger partial charge in [-0.15, -0.1) is 0 Å². The number of carbonyl (C=O) groups is 1. The van der Waals surface area contributed by atoms with E-state index < -0.39 is 0 Å². The number of aryl methyl sites for hydroxylation is 1. The predicted octanol–water partition coefficient (Wildman–Crippen LogP) is 2.74. The average Bonchev–Trinajstić information content (AvgIpc) is 2.68. The van der Waals surface area contributed by atoms with Crippen LogP contribution in [0.2, 0.25) is 0 Å². The zero-order valence-corrected chi connectivity index (χ0v) is 15.1. The van der Waals surface area contributed by atoms with Gasteiger partial charge < -0.3 is 10.1 Å². The molecule has 1 N–H and O–H groups in total. The van der Waals surface area contributed by atoms with Crippen LogP contribution in [-0.2, 0) is 0 Å². The topological polar surface area (TPSA) is 73.2 Å². The molecule has 0 saturated heterocycles. The average molecular weight is 363 g/mol. The smallest absolute Gasteiger partial charge is 0.271 e. The molecule has 6 heteroatoms. The van der Waals surface area contributed by atoms with Crippen molar-refractivity contribution in [2.75, 3.05) is 13.2 Å². The highest BCUT2D eigenvalue weighted by Gasteiger charge is 2.10. The Morgan fingerprint density at radius 2 is 1.89 bits per heavy atom. The molecule has 0 aliphatic heterocycles. The largest absolute Gasteiger partial charge is 0.494 e. The van der Waals surface area contributed by atoms with Gasteiger partial charge in [0.2, 0.25) is 0 Å². The molecule has 0 radical (unpaired) electrons. The summed E-state index contributed by atoms with van der Waals surface area (Å²) in [5.74, 6) is 0.494. The summed E-state index contributed by atoms with van der Waals surface area (Å²) in [7, 11) is 0. The molecule has 0 aliphatic carbocycles. The third-order valence-corrected chi connectivity index (χ3v) is 3.90. The molecule has 1 heterocycles. The summed E-state index contributed by atoms with van der Waals surface area (Å²) in [6.07, 6.45) is 0.665. The van der Waals surface area contributed by atoms with Gasteiger partial charge in [0.1, 0.15) is 11.4 Å². The summed E-state index contributed by atoms with van der Waals surface area (Å²) in [6, 6.07) is 19.6. The van der Waals surface area contributed by atoms with E-state index in [2.05, 4.69) is 10.4 Å². The number of para-hydroxylation sites is 1. The van der Waals surface area contributed by atoms with Crippen LogP contribution in [0.25, 0.3) is 5.69 Å². The van der Waals surface area contributed by atoms with Crippen LogP contribution >= 0.6 is 0 Å². The zero-order valence-electron chi connectivity index (χ0n) is 15.1. The number of hydrogen-bond donors (Lipinski definition) is 1. The number of ether oxygens (including phenoxy) is 1. The molecule has 0 spiro atoms. The first-order chi connectivity index (χ1) is 13.1. The highest BCUT2D eigenvalue weighted by atomic mass is 16.5. The van der Waals surface area contributed by atoms with Gasteiger partial charge >= 0.3 is 0 Å². The first kappa shape index (κ1) is 18.4. The van der Waals surface area contributed by atoms with E-state index in [1.807, 2.05) is 49.4 Å². The van der Waals surface area contributed by atoms with E-state index in [-0.39, 0.29) is 17.2 Å². The molecular weight excluding hydrogens is 342 g/mol. The maximum absolute atomic E-state index is 12.3. The Morgan fingerprint density at radius 1 is 1.07 bits per heavy atom. The Bertz CT molecular complexity index is 968. The van der Waals surface area contributed by atoms with Gasteiger partial charge in [-0.1, -0.05) is 30.3 Å². The molecule has 6 nitrogen and oxygen atoms in total. The number of nitrogens with zero attached hydrogens (tertiary/aromatic N) is 2. The standard InChI is InChI=1S/C21H21N3O3/c1-16-7-5-10-18(15-16)27-14-6-13-22-21(26)19-11-12-20(25)24(23-19)17-8-3-2-4-9-17/h2-5,7-12,15H,6,13-14H2,1H3,(H,22,26). The van der Waals surface area contributed by atoms with Crippen LogP contribution < -0.4 is 15.6 Å². The third-order valence-electron chi connectivity index (χ3n) is 3.90. The molecule has 0 fully saturated rings. The Hall–Kier alpha value is -3.41. The summed E-state index contributed by atoms with van der Waals surface area (Å²) >= 11 is 0. The van der Waals surface area contributed by atoms with Crippen molar-refractivity contribution in [3.63, 3.8) is 0 Å². The fraction of sp³-hybridized carbons (Fsp3) is 0.190. The van der Waals surface area contributed by atoms with Gasteiger partial charge in [0.15, 0.2) is 0 Å². The van der Waals surface area contributed by atoms with E-state index in [9.17, 15) is 9.59 Å². The minimum atomic E-state index is -0.324. The first-order valence-electron chi connectivity index (χ1n) is 8.77. The number of aromatic nitrogens is 2. The fourth-order valence-electron chi connectivity index (χ4n) is 2.55. The van der Waals surface area contributed by atoms with Crippen molar-refractivity contribution in [3.8, 4) is 11.4 Å². The van der Waals surface area contributed by atoms with E-state index in [0.717, 1.165) is 11.3 Å². The molecule has 2 aromatic carbocycles. The lowest BCUT2D eigenvalue weighted by molar-refractivity contribution is 0.0944. The molecule has 0 aliphatic rings. The van der Waals surface area contributed by atoms with Crippen LogP contribution in [0, 0.1) is 6.92 Å². The normalized spacial score (nSPS) is 10.4. The molecule has 27 heavy (non-hydrogen) atoms. The minimum absolute atomic E-state index is 0.193. The number of amides is 1. The summed E-state index contributed by atoms with van der Waals surface area (Å²) in [4.78, 5) is 24.3. The SMILES string of the molecule is Cc1cccc(OCCCNC(=O)c2ccc(=O)n(-c3ccccc3)n2)c1. The second-order valence-electron chi connectivity index (χ2n) is 6.08. The Labute approximate surface area is 157 Å². The van der Waals surface area contributed by atoms with Crippen molar-refractivity contribution in [3.05, 3.63) is 88.3 Å². The quantitative estimate of drug-likeness (QED) is 0.655. The molecule has 0 unspecified atom stereocenters. The van der Waals surface area contributed by atoms with Crippen LogP contribution in [0.4, 0.5) is 0 Å². The predicted molar refractivity (Wildman–Crippen MR) is 103 cm³/mol. The van der Waals surface area contributed by atoms with Crippen molar-refractivity contribution in [2.24, 2.45) is 0 Å². The van der Waals surface area contributed by atoms with Gasteiger partial charge in [0.05, 0.1) is 12.3 Å². The number of carbonyl (C=O) groups excluding carboxylic acids is 1. The van der Waals surface area contributed by atoms with Gasteiger partial charge in [-0.05, 0) is 49.2 Å². The summed E-state index contributed by atoms with van der Waals surface area (Å²) in [5.41, 5.74) is 1.66. The maximum Gasteiger partial charge on any atom is 0.271 e. The lowest BCUT2D eigenvalue weighted by Crippen LogP contribution is -2.30. The Morgan fingerprint density at radius 3 is 2.67 bits per heavy atom. The van der Waals surface area contributed by atoms with Gasteiger partial charge in [-0.2, -0.15) is 9.78 Å². The molecule has 1 aromatic heterocycles. The van der Waals surface area contributed by atoms with E-state index >= 15 is 0 Å². The van der Waals surface area contributed by atoms with E-state index in [1.165, 1.54) is 16.8 Å². The van der Waals surface area contributed by atoms with Crippen molar-refractivity contribution < 1.29 is 9.53 Å². The van der Waals surface area contributed by atoms with Crippen molar-refractivity contribution in [1.82, 2.24) is 15.1 Å². The third kappa shape index (κ3) is 5.04. The van der Waals surface area contributed by atoms with E-state index in [0.29, 0.717) is 25.3 Å². The molecule has 0 bridgehead atoms.